The monoisotopic (exact) mass is 214 g/mol. The van der Waals surface area contributed by atoms with E-state index in [0.29, 0.717) is 0 Å². The first-order valence-electron chi connectivity index (χ1n) is 4.99. The molecule has 2 bridgehead atoms. The molecule has 1 saturated carbocycles. The largest absolute Gasteiger partial charge is 0.481 e. The standard InChI is InChI=1S/C7H10.2C2H4O2/c1-2-7-4-3-6(1)5-7;2*1-2(3)4/h1-2,6-7H,3-5H2;2*1H3,(H,3,4). The van der Waals surface area contributed by atoms with E-state index in [1.807, 2.05) is 0 Å². The number of carboxylic acids is 2. The Morgan fingerprint density at radius 1 is 1.00 bits per heavy atom. The van der Waals surface area contributed by atoms with Crippen LogP contribution in [-0.2, 0) is 9.59 Å². The fourth-order valence-corrected chi connectivity index (χ4v) is 1.72. The van der Waals surface area contributed by atoms with Gasteiger partial charge in [0.05, 0.1) is 0 Å². The van der Waals surface area contributed by atoms with E-state index in [-0.39, 0.29) is 0 Å². The maximum absolute atomic E-state index is 9.00. The number of carbonyl (C=O) groups is 2. The molecule has 2 N–H and O–H groups in total. The van der Waals surface area contributed by atoms with E-state index < -0.39 is 11.9 Å². The summed E-state index contributed by atoms with van der Waals surface area (Å²) in [4.78, 5) is 18.0. The van der Waals surface area contributed by atoms with Gasteiger partial charge in [-0.3, -0.25) is 9.59 Å². The van der Waals surface area contributed by atoms with Gasteiger partial charge in [0, 0.05) is 13.8 Å². The van der Waals surface area contributed by atoms with Gasteiger partial charge in [-0.15, -0.1) is 0 Å². The Kier molecular flexibility index (Phi) is 6.42. The van der Waals surface area contributed by atoms with Gasteiger partial charge in [0.2, 0.25) is 0 Å². The molecule has 86 valence electrons. The van der Waals surface area contributed by atoms with Crippen molar-refractivity contribution in [1.29, 1.82) is 0 Å². The number of aliphatic carboxylic acids is 2. The average Bonchev–Trinajstić information content (AvgIpc) is 2.62. The Hall–Kier alpha value is -1.32. The summed E-state index contributed by atoms with van der Waals surface area (Å²) >= 11 is 0. The molecule has 0 amide bonds. The Morgan fingerprint density at radius 2 is 1.27 bits per heavy atom. The van der Waals surface area contributed by atoms with E-state index in [9.17, 15) is 0 Å². The van der Waals surface area contributed by atoms with Gasteiger partial charge in [-0.2, -0.15) is 0 Å². The van der Waals surface area contributed by atoms with Crippen LogP contribution in [0.5, 0.6) is 0 Å². The number of rotatable bonds is 0. The summed E-state index contributed by atoms with van der Waals surface area (Å²) in [6, 6.07) is 0. The normalized spacial score (nSPS) is 24.7. The van der Waals surface area contributed by atoms with Gasteiger partial charge in [-0.1, -0.05) is 12.2 Å². The molecule has 0 heterocycles. The summed E-state index contributed by atoms with van der Waals surface area (Å²) < 4.78 is 0. The summed E-state index contributed by atoms with van der Waals surface area (Å²) in [5, 5.41) is 14.8. The zero-order chi connectivity index (χ0) is 11.8. The molecule has 0 aliphatic heterocycles. The lowest BCUT2D eigenvalue weighted by Crippen LogP contribution is -1.82. The lowest BCUT2D eigenvalue weighted by Gasteiger charge is -1.96. The van der Waals surface area contributed by atoms with Crippen LogP contribution in [0.3, 0.4) is 0 Å². The first-order valence-corrected chi connectivity index (χ1v) is 4.99. The number of hydrogen-bond donors (Lipinski definition) is 2. The summed E-state index contributed by atoms with van der Waals surface area (Å²) in [7, 11) is 0. The number of fused-ring (bicyclic) bond motifs is 2. The van der Waals surface area contributed by atoms with Gasteiger partial charge in [0.1, 0.15) is 0 Å². The average molecular weight is 214 g/mol. The van der Waals surface area contributed by atoms with E-state index in [0.717, 1.165) is 25.7 Å². The second kappa shape index (κ2) is 7.04. The highest BCUT2D eigenvalue weighted by atomic mass is 16.4. The second-order valence-corrected chi connectivity index (χ2v) is 3.76. The van der Waals surface area contributed by atoms with Crippen LogP contribution in [0.1, 0.15) is 33.1 Å². The van der Waals surface area contributed by atoms with Crippen molar-refractivity contribution in [2.75, 3.05) is 0 Å². The molecule has 1 fully saturated rings. The molecule has 0 spiro atoms. The maximum atomic E-state index is 9.00. The lowest BCUT2D eigenvalue weighted by molar-refractivity contribution is -0.135. The third-order valence-corrected chi connectivity index (χ3v) is 2.17. The van der Waals surface area contributed by atoms with Crippen molar-refractivity contribution in [3.05, 3.63) is 12.2 Å². The molecule has 0 saturated heterocycles. The van der Waals surface area contributed by atoms with Crippen LogP contribution in [-0.4, -0.2) is 22.2 Å². The van der Waals surface area contributed by atoms with Crippen LogP contribution in [0.25, 0.3) is 0 Å². The predicted octanol–water partition coefficient (Wildman–Crippen LogP) is 2.15. The van der Waals surface area contributed by atoms with E-state index >= 15 is 0 Å². The van der Waals surface area contributed by atoms with E-state index in [2.05, 4.69) is 12.2 Å². The fourth-order valence-electron chi connectivity index (χ4n) is 1.72. The number of carboxylic acid groups (broad SMARTS) is 2. The van der Waals surface area contributed by atoms with Crippen LogP contribution in [0, 0.1) is 11.8 Å². The van der Waals surface area contributed by atoms with Crippen molar-refractivity contribution in [2.45, 2.75) is 33.1 Å². The van der Waals surface area contributed by atoms with Crippen LogP contribution in [0.2, 0.25) is 0 Å². The number of allylic oxidation sites excluding steroid dienone is 2. The minimum Gasteiger partial charge on any atom is -0.481 e. The van der Waals surface area contributed by atoms with Crippen LogP contribution in [0.4, 0.5) is 0 Å². The SMILES string of the molecule is C1=CC2CCC1C2.CC(=O)O.CC(=O)O. The smallest absolute Gasteiger partial charge is 0.300 e. The zero-order valence-corrected chi connectivity index (χ0v) is 9.14. The molecule has 4 nitrogen and oxygen atoms in total. The van der Waals surface area contributed by atoms with Gasteiger partial charge in [-0.05, 0) is 31.1 Å². The molecule has 2 atom stereocenters. The Bertz CT molecular complexity index is 213. The molecular formula is C11H18O4. The van der Waals surface area contributed by atoms with Crippen molar-refractivity contribution in [3.63, 3.8) is 0 Å². The van der Waals surface area contributed by atoms with Crippen LogP contribution < -0.4 is 0 Å². The third-order valence-electron chi connectivity index (χ3n) is 2.17. The van der Waals surface area contributed by atoms with E-state index in [1.165, 1.54) is 19.3 Å². The molecule has 2 rings (SSSR count). The second-order valence-electron chi connectivity index (χ2n) is 3.76. The summed E-state index contributed by atoms with van der Waals surface area (Å²) in [6.45, 7) is 2.17. The van der Waals surface area contributed by atoms with Crippen molar-refractivity contribution in [1.82, 2.24) is 0 Å². The minimum absolute atomic E-state index is 0.833. The van der Waals surface area contributed by atoms with Gasteiger partial charge in [-0.25, -0.2) is 0 Å². The van der Waals surface area contributed by atoms with Gasteiger partial charge >= 0.3 is 0 Å². The van der Waals surface area contributed by atoms with E-state index in [1.54, 1.807) is 0 Å². The highest BCUT2D eigenvalue weighted by Crippen LogP contribution is 2.38. The Morgan fingerprint density at radius 3 is 1.33 bits per heavy atom. The van der Waals surface area contributed by atoms with Gasteiger partial charge in [0.15, 0.2) is 0 Å². The molecule has 0 radical (unpaired) electrons. The maximum Gasteiger partial charge on any atom is 0.300 e. The minimum atomic E-state index is -0.833. The molecule has 0 aromatic rings. The molecule has 4 heteroatoms. The highest BCUT2D eigenvalue weighted by molar-refractivity contribution is 5.63. The van der Waals surface area contributed by atoms with Crippen molar-refractivity contribution in [3.8, 4) is 0 Å². The summed E-state index contributed by atoms with van der Waals surface area (Å²) in [5.74, 6) is 0.315. The van der Waals surface area contributed by atoms with Crippen molar-refractivity contribution >= 4 is 11.9 Å². The quantitative estimate of drug-likeness (QED) is 0.606. The molecule has 15 heavy (non-hydrogen) atoms. The fraction of sp³-hybridized carbons (Fsp3) is 0.636. The van der Waals surface area contributed by atoms with Crippen LogP contribution in [0.15, 0.2) is 12.2 Å². The van der Waals surface area contributed by atoms with Crippen molar-refractivity contribution in [2.24, 2.45) is 11.8 Å². The number of hydrogen-bond acceptors (Lipinski definition) is 2. The zero-order valence-electron chi connectivity index (χ0n) is 9.14. The van der Waals surface area contributed by atoms with Gasteiger partial charge in [0.25, 0.3) is 11.9 Å². The molecule has 0 aromatic carbocycles. The lowest BCUT2D eigenvalue weighted by atomic mass is 10.1. The van der Waals surface area contributed by atoms with Crippen molar-refractivity contribution < 1.29 is 19.8 Å². The first kappa shape index (κ1) is 13.7. The molecule has 2 aliphatic rings. The molecule has 2 unspecified atom stereocenters. The molecular weight excluding hydrogens is 196 g/mol. The summed E-state index contributed by atoms with van der Waals surface area (Å²) in [6.07, 6.45) is 9.19. The Labute approximate surface area is 89.6 Å². The highest BCUT2D eigenvalue weighted by Gasteiger charge is 2.25. The Balaban J connectivity index is 0.000000216. The molecule has 0 aromatic heterocycles. The summed E-state index contributed by atoms with van der Waals surface area (Å²) in [5.41, 5.74) is 0. The van der Waals surface area contributed by atoms with E-state index in [4.69, 9.17) is 19.8 Å². The van der Waals surface area contributed by atoms with Gasteiger partial charge < -0.3 is 10.2 Å². The molecule has 2 aliphatic carbocycles. The van der Waals surface area contributed by atoms with Crippen LogP contribution >= 0.6 is 0 Å². The predicted molar refractivity (Wildman–Crippen MR) is 56.6 cm³/mol. The topological polar surface area (TPSA) is 74.6 Å². The first-order chi connectivity index (χ1) is 6.91. The third kappa shape index (κ3) is 9.00.